The first-order chi connectivity index (χ1) is 9.93. The molecule has 2 N–H and O–H groups in total. The van der Waals surface area contributed by atoms with Gasteiger partial charge in [-0.05, 0) is 33.4 Å². The molecule has 2 amide bonds. The van der Waals surface area contributed by atoms with E-state index in [0.29, 0.717) is 32.5 Å². The molecule has 2 unspecified atom stereocenters. The van der Waals surface area contributed by atoms with E-state index in [1.807, 2.05) is 25.9 Å². The standard InChI is InChI=1S/C14H27N3O4/c1-4-7-17(9-8-16(2)3)14(20)15-10-11-5-6-12(21-11)13(18)19/h11-12H,4-10H2,1-3H3,(H,15,20)(H,18,19). The van der Waals surface area contributed by atoms with Crippen molar-refractivity contribution < 1.29 is 19.4 Å². The number of hydrogen-bond acceptors (Lipinski definition) is 4. The van der Waals surface area contributed by atoms with Crippen molar-refractivity contribution in [3.63, 3.8) is 0 Å². The first-order valence-electron chi connectivity index (χ1n) is 7.49. The van der Waals surface area contributed by atoms with Gasteiger partial charge in [-0.3, -0.25) is 0 Å². The normalized spacial score (nSPS) is 21.5. The van der Waals surface area contributed by atoms with E-state index < -0.39 is 12.1 Å². The van der Waals surface area contributed by atoms with Crippen LogP contribution in [0.25, 0.3) is 0 Å². The highest BCUT2D eigenvalue weighted by atomic mass is 16.5. The molecule has 1 heterocycles. The monoisotopic (exact) mass is 301 g/mol. The summed E-state index contributed by atoms with van der Waals surface area (Å²) in [7, 11) is 3.95. The van der Waals surface area contributed by atoms with Gasteiger partial charge in [-0.1, -0.05) is 6.92 Å². The summed E-state index contributed by atoms with van der Waals surface area (Å²) in [5, 5.41) is 11.7. The van der Waals surface area contributed by atoms with Crippen LogP contribution in [-0.4, -0.2) is 79.4 Å². The maximum atomic E-state index is 12.1. The van der Waals surface area contributed by atoms with Crippen LogP contribution in [-0.2, 0) is 9.53 Å². The third-order valence-corrected chi connectivity index (χ3v) is 3.46. The van der Waals surface area contributed by atoms with Crippen LogP contribution in [0.4, 0.5) is 4.79 Å². The highest BCUT2D eigenvalue weighted by molar-refractivity contribution is 5.74. The second-order valence-corrected chi connectivity index (χ2v) is 5.64. The number of nitrogens with zero attached hydrogens (tertiary/aromatic N) is 2. The van der Waals surface area contributed by atoms with Gasteiger partial charge in [0.25, 0.3) is 0 Å². The highest BCUT2D eigenvalue weighted by Gasteiger charge is 2.30. The molecule has 0 saturated carbocycles. The molecular formula is C14H27N3O4. The Kier molecular flexibility index (Phi) is 7.45. The lowest BCUT2D eigenvalue weighted by Gasteiger charge is -2.25. The topological polar surface area (TPSA) is 82.1 Å². The maximum Gasteiger partial charge on any atom is 0.332 e. The molecule has 7 nitrogen and oxygen atoms in total. The van der Waals surface area contributed by atoms with Crippen LogP contribution < -0.4 is 5.32 Å². The lowest BCUT2D eigenvalue weighted by molar-refractivity contribution is -0.149. The van der Waals surface area contributed by atoms with E-state index in [1.54, 1.807) is 4.90 Å². The molecule has 2 atom stereocenters. The molecule has 122 valence electrons. The number of carbonyl (C=O) groups is 2. The van der Waals surface area contributed by atoms with Crippen molar-refractivity contribution in [2.24, 2.45) is 0 Å². The van der Waals surface area contributed by atoms with E-state index in [4.69, 9.17) is 9.84 Å². The molecule has 0 radical (unpaired) electrons. The zero-order valence-corrected chi connectivity index (χ0v) is 13.2. The van der Waals surface area contributed by atoms with Crippen molar-refractivity contribution in [3.05, 3.63) is 0 Å². The van der Waals surface area contributed by atoms with Gasteiger partial charge >= 0.3 is 12.0 Å². The van der Waals surface area contributed by atoms with Gasteiger partial charge in [0.15, 0.2) is 6.10 Å². The molecule has 21 heavy (non-hydrogen) atoms. The maximum absolute atomic E-state index is 12.1. The molecule has 0 aromatic rings. The average molecular weight is 301 g/mol. The summed E-state index contributed by atoms with van der Waals surface area (Å²) in [5.74, 6) is -0.928. The Balaban J connectivity index is 2.34. The lowest BCUT2D eigenvalue weighted by Crippen LogP contribution is -2.45. The van der Waals surface area contributed by atoms with Crippen LogP contribution in [0.3, 0.4) is 0 Å². The minimum absolute atomic E-state index is 0.110. The number of rotatable bonds is 8. The molecule has 0 aromatic heterocycles. The van der Waals surface area contributed by atoms with Crippen molar-refractivity contribution in [1.82, 2.24) is 15.1 Å². The van der Waals surface area contributed by atoms with Gasteiger partial charge in [-0.25, -0.2) is 9.59 Å². The smallest absolute Gasteiger partial charge is 0.332 e. The SMILES string of the molecule is CCCN(CCN(C)C)C(=O)NCC1CCC(C(=O)O)O1. The van der Waals surface area contributed by atoms with Gasteiger partial charge in [0.05, 0.1) is 6.10 Å². The van der Waals surface area contributed by atoms with Crippen LogP contribution in [0.1, 0.15) is 26.2 Å². The predicted octanol–water partition coefficient (Wildman–Crippen LogP) is 0.602. The molecule has 1 aliphatic rings. The number of ether oxygens (including phenoxy) is 1. The number of carbonyl (C=O) groups excluding carboxylic acids is 1. The van der Waals surface area contributed by atoms with E-state index in [9.17, 15) is 9.59 Å². The highest BCUT2D eigenvalue weighted by Crippen LogP contribution is 2.19. The zero-order chi connectivity index (χ0) is 15.8. The third kappa shape index (κ3) is 6.31. The fraction of sp³-hybridized carbons (Fsp3) is 0.857. The fourth-order valence-electron chi connectivity index (χ4n) is 2.26. The summed E-state index contributed by atoms with van der Waals surface area (Å²) in [6, 6.07) is -0.110. The van der Waals surface area contributed by atoms with Crippen molar-refractivity contribution in [2.75, 3.05) is 40.3 Å². The molecular weight excluding hydrogens is 274 g/mol. The molecule has 0 bridgehead atoms. The molecule has 1 saturated heterocycles. The van der Waals surface area contributed by atoms with Crippen molar-refractivity contribution in [2.45, 2.75) is 38.4 Å². The predicted molar refractivity (Wildman–Crippen MR) is 79.3 cm³/mol. The molecule has 1 fully saturated rings. The Morgan fingerprint density at radius 2 is 1.95 bits per heavy atom. The van der Waals surface area contributed by atoms with Crippen molar-refractivity contribution >= 4 is 12.0 Å². The van der Waals surface area contributed by atoms with Gasteiger partial charge in [-0.2, -0.15) is 0 Å². The Hall–Kier alpha value is -1.34. The number of urea groups is 1. The second-order valence-electron chi connectivity index (χ2n) is 5.64. The quantitative estimate of drug-likeness (QED) is 0.686. The minimum atomic E-state index is -0.928. The lowest BCUT2D eigenvalue weighted by atomic mass is 10.2. The number of likely N-dealkylation sites (N-methyl/N-ethyl adjacent to an activating group) is 1. The molecule has 1 rings (SSSR count). The average Bonchev–Trinajstić information content (AvgIpc) is 2.89. The first kappa shape index (κ1) is 17.7. The molecule has 7 heteroatoms. The van der Waals surface area contributed by atoms with Crippen molar-refractivity contribution in [3.8, 4) is 0 Å². The number of amides is 2. The van der Waals surface area contributed by atoms with Gasteiger partial charge < -0.3 is 25.0 Å². The fourth-order valence-corrected chi connectivity index (χ4v) is 2.26. The number of carboxylic acids is 1. The van der Waals surface area contributed by atoms with Gasteiger partial charge in [-0.15, -0.1) is 0 Å². The number of hydrogen-bond donors (Lipinski definition) is 2. The Morgan fingerprint density at radius 1 is 1.24 bits per heavy atom. The van der Waals surface area contributed by atoms with Crippen LogP contribution in [0, 0.1) is 0 Å². The Labute approximate surface area is 126 Å². The summed E-state index contributed by atoms with van der Waals surface area (Å²) in [6.07, 6.45) is 1.15. The van der Waals surface area contributed by atoms with Crippen LogP contribution >= 0.6 is 0 Å². The number of aliphatic carboxylic acids is 1. The summed E-state index contributed by atoms with van der Waals surface area (Å²) < 4.78 is 5.37. The molecule has 1 aliphatic heterocycles. The van der Waals surface area contributed by atoms with Crippen LogP contribution in [0.2, 0.25) is 0 Å². The summed E-state index contributed by atoms with van der Waals surface area (Å²) in [5.41, 5.74) is 0. The third-order valence-electron chi connectivity index (χ3n) is 3.46. The minimum Gasteiger partial charge on any atom is -0.479 e. The molecule has 0 aliphatic carbocycles. The largest absolute Gasteiger partial charge is 0.479 e. The van der Waals surface area contributed by atoms with E-state index in [1.165, 1.54) is 0 Å². The van der Waals surface area contributed by atoms with E-state index in [-0.39, 0.29) is 12.1 Å². The summed E-state index contributed by atoms with van der Waals surface area (Å²) in [6.45, 7) is 4.60. The van der Waals surface area contributed by atoms with Crippen LogP contribution in [0.5, 0.6) is 0 Å². The van der Waals surface area contributed by atoms with Crippen LogP contribution in [0.15, 0.2) is 0 Å². The van der Waals surface area contributed by atoms with E-state index >= 15 is 0 Å². The summed E-state index contributed by atoms with van der Waals surface area (Å²) >= 11 is 0. The first-order valence-corrected chi connectivity index (χ1v) is 7.49. The van der Waals surface area contributed by atoms with Gasteiger partial charge in [0.1, 0.15) is 0 Å². The van der Waals surface area contributed by atoms with E-state index in [2.05, 4.69) is 5.32 Å². The van der Waals surface area contributed by atoms with Crippen molar-refractivity contribution in [1.29, 1.82) is 0 Å². The van der Waals surface area contributed by atoms with Gasteiger partial charge in [0.2, 0.25) is 0 Å². The molecule has 0 spiro atoms. The summed E-state index contributed by atoms with van der Waals surface area (Å²) in [4.78, 5) is 26.8. The Morgan fingerprint density at radius 3 is 2.48 bits per heavy atom. The zero-order valence-electron chi connectivity index (χ0n) is 13.2. The number of nitrogens with one attached hydrogen (secondary N) is 1. The van der Waals surface area contributed by atoms with Gasteiger partial charge in [0, 0.05) is 26.2 Å². The molecule has 0 aromatic carbocycles. The Bertz CT molecular complexity index is 349. The second kappa shape index (κ2) is 8.84. The number of carboxylic acid groups (broad SMARTS) is 1. The van der Waals surface area contributed by atoms with E-state index in [0.717, 1.165) is 13.0 Å².